The first-order valence-corrected chi connectivity index (χ1v) is 7.24. The van der Waals surface area contributed by atoms with Gasteiger partial charge in [0.25, 0.3) is 0 Å². The summed E-state index contributed by atoms with van der Waals surface area (Å²) in [5.74, 6) is 0. The minimum Gasteiger partial charge on any atom is -0.372 e. The smallest absolute Gasteiger partial charge is 0.0949 e. The highest BCUT2D eigenvalue weighted by Gasteiger charge is 2.52. The fourth-order valence-corrected chi connectivity index (χ4v) is 3.88. The second-order valence-corrected chi connectivity index (χ2v) is 5.74. The van der Waals surface area contributed by atoms with Crippen molar-refractivity contribution in [3.05, 3.63) is 0 Å². The van der Waals surface area contributed by atoms with E-state index in [4.69, 9.17) is 9.47 Å². The summed E-state index contributed by atoms with van der Waals surface area (Å²) >= 11 is 2.43. The molecule has 0 saturated carbocycles. The molecule has 0 aromatic heterocycles. The average molecular weight is 308 g/mol. The molecule has 0 radical (unpaired) electrons. The van der Waals surface area contributed by atoms with Crippen molar-refractivity contribution in [1.29, 1.82) is 0 Å². The zero-order chi connectivity index (χ0) is 9.60. The average Bonchev–Trinajstić information content (AvgIpc) is 2.77. The van der Waals surface area contributed by atoms with Crippen molar-refractivity contribution in [3.8, 4) is 0 Å². The van der Waals surface area contributed by atoms with Crippen molar-refractivity contribution < 1.29 is 9.47 Å². The minimum absolute atomic E-state index is 0.128. The first-order valence-electron chi connectivity index (χ1n) is 5.72. The van der Waals surface area contributed by atoms with Crippen LogP contribution in [0.25, 0.3) is 0 Å². The molecule has 3 aliphatic rings. The summed E-state index contributed by atoms with van der Waals surface area (Å²) in [4.78, 5) is 0. The highest BCUT2D eigenvalue weighted by Crippen LogP contribution is 2.48. The van der Waals surface area contributed by atoms with E-state index in [0.29, 0.717) is 18.3 Å². The lowest BCUT2D eigenvalue weighted by molar-refractivity contribution is -0.163. The lowest BCUT2D eigenvalue weighted by atomic mass is 9.87. The van der Waals surface area contributed by atoms with E-state index in [1.54, 1.807) is 0 Å². The van der Waals surface area contributed by atoms with E-state index in [2.05, 4.69) is 22.6 Å². The Kier molecular flexibility index (Phi) is 2.53. The first-order chi connectivity index (χ1) is 6.82. The van der Waals surface area contributed by atoms with Gasteiger partial charge in [-0.15, -0.1) is 0 Å². The van der Waals surface area contributed by atoms with Crippen LogP contribution in [0.2, 0.25) is 0 Å². The number of halogens is 1. The van der Waals surface area contributed by atoms with Crippen LogP contribution in [0.3, 0.4) is 0 Å². The summed E-state index contributed by atoms with van der Waals surface area (Å²) in [5.41, 5.74) is 0.128. The molecule has 1 spiro atoms. The minimum atomic E-state index is 0.128. The molecule has 4 atom stereocenters. The molecule has 0 aliphatic carbocycles. The third-order valence-electron chi connectivity index (χ3n) is 4.05. The van der Waals surface area contributed by atoms with Gasteiger partial charge in [0, 0.05) is 4.43 Å². The second kappa shape index (κ2) is 3.59. The predicted octanol–water partition coefficient (Wildman–Crippen LogP) is 2.68. The van der Waals surface area contributed by atoms with E-state index in [0.717, 1.165) is 4.43 Å². The zero-order valence-corrected chi connectivity index (χ0v) is 10.5. The molecule has 3 saturated heterocycles. The lowest BCUT2D eigenvalue weighted by Gasteiger charge is -2.39. The van der Waals surface area contributed by atoms with Crippen molar-refractivity contribution in [3.63, 3.8) is 0 Å². The number of fused-ring (bicyclic) bond motifs is 3. The Morgan fingerprint density at radius 3 is 2.79 bits per heavy atom. The molecule has 3 heterocycles. The van der Waals surface area contributed by atoms with Gasteiger partial charge in [-0.1, -0.05) is 22.6 Å². The maximum absolute atomic E-state index is 6.24. The van der Waals surface area contributed by atoms with Gasteiger partial charge in [-0.25, -0.2) is 0 Å². The summed E-state index contributed by atoms with van der Waals surface area (Å²) in [6.07, 6.45) is 8.94. The van der Waals surface area contributed by atoms with E-state index in [1.807, 2.05) is 0 Å². The van der Waals surface area contributed by atoms with Crippen LogP contribution >= 0.6 is 22.6 Å². The molecule has 80 valence electrons. The summed E-state index contributed by atoms with van der Waals surface area (Å²) in [6.45, 7) is 0. The van der Waals surface area contributed by atoms with Crippen LogP contribution in [0.15, 0.2) is 0 Å². The number of hydrogen-bond acceptors (Lipinski definition) is 2. The molecule has 3 aliphatic heterocycles. The summed E-state index contributed by atoms with van der Waals surface area (Å²) in [7, 11) is 0. The van der Waals surface area contributed by atoms with Gasteiger partial charge in [-0.2, -0.15) is 0 Å². The van der Waals surface area contributed by atoms with Crippen molar-refractivity contribution in [2.24, 2.45) is 0 Å². The molecule has 3 heteroatoms. The molecule has 14 heavy (non-hydrogen) atoms. The van der Waals surface area contributed by atoms with Crippen molar-refractivity contribution in [1.82, 2.24) is 0 Å². The normalized spacial score (nSPS) is 51.6. The molecule has 0 aromatic rings. The molecule has 2 bridgehead atoms. The Morgan fingerprint density at radius 2 is 2.00 bits per heavy atom. The maximum Gasteiger partial charge on any atom is 0.0949 e. The second-order valence-electron chi connectivity index (χ2n) is 4.86. The Labute approximate surface area is 98.9 Å². The topological polar surface area (TPSA) is 18.5 Å². The number of rotatable bonds is 1. The number of hydrogen-bond donors (Lipinski definition) is 0. The Bertz CT molecular complexity index is 233. The van der Waals surface area contributed by atoms with Crippen LogP contribution in [0, 0.1) is 0 Å². The quantitative estimate of drug-likeness (QED) is 0.548. The van der Waals surface area contributed by atoms with E-state index < -0.39 is 0 Å². The van der Waals surface area contributed by atoms with Gasteiger partial charge in [-0.3, -0.25) is 0 Å². The van der Waals surface area contributed by atoms with Crippen molar-refractivity contribution >= 4 is 22.6 Å². The monoisotopic (exact) mass is 308 g/mol. The summed E-state index contributed by atoms with van der Waals surface area (Å²) < 4.78 is 13.4. The van der Waals surface area contributed by atoms with E-state index in [1.165, 1.54) is 38.5 Å². The van der Waals surface area contributed by atoms with Gasteiger partial charge in [0.15, 0.2) is 0 Å². The molecule has 3 rings (SSSR count). The molecular formula is C11H17IO2. The first kappa shape index (κ1) is 9.85. The van der Waals surface area contributed by atoms with Crippen LogP contribution < -0.4 is 0 Å². The zero-order valence-electron chi connectivity index (χ0n) is 8.38. The molecule has 0 N–H and O–H groups in total. The van der Waals surface area contributed by atoms with Crippen molar-refractivity contribution in [2.75, 3.05) is 4.43 Å². The summed E-state index contributed by atoms with van der Waals surface area (Å²) in [5, 5.41) is 0. The molecule has 2 nitrogen and oxygen atoms in total. The van der Waals surface area contributed by atoms with Gasteiger partial charge in [0.05, 0.1) is 23.9 Å². The van der Waals surface area contributed by atoms with Gasteiger partial charge in [-0.05, 0) is 38.5 Å². The van der Waals surface area contributed by atoms with Crippen LogP contribution in [0.1, 0.15) is 38.5 Å². The highest BCUT2D eigenvalue weighted by atomic mass is 127. The Balaban J connectivity index is 1.77. The van der Waals surface area contributed by atoms with E-state index in [9.17, 15) is 0 Å². The summed E-state index contributed by atoms with van der Waals surface area (Å²) in [6, 6.07) is 0. The Morgan fingerprint density at radius 1 is 1.14 bits per heavy atom. The predicted molar refractivity (Wildman–Crippen MR) is 62.9 cm³/mol. The molecule has 0 aromatic carbocycles. The van der Waals surface area contributed by atoms with Crippen LogP contribution in [0.5, 0.6) is 0 Å². The van der Waals surface area contributed by atoms with Gasteiger partial charge >= 0.3 is 0 Å². The van der Waals surface area contributed by atoms with Gasteiger partial charge in [0.1, 0.15) is 0 Å². The van der Waals surface area contributed by atoms with Gasteiger partial charge < -0.3 is 9.47 Å². The van der Waals surface area contributed by atoms with Crippen molar-refractivity contribution in [2.45, 2.75) is 62.4 Å². The fraction of sp³-hybridized carbons (Fsp3) is 1.00. The van der Waals surface area contributed by atoms with E-state index in [-0.39, 0.29) is 5.60 Å². The van der Waals surface area contributed by atoms with Gasteiger partial charge in [0.2, 0.25) is 0 Å². The largest absolute Gasteiger partial charge is 0.372 e. The van der Waals surface area contributed by atoms with Crippen LogP contribution in [-0.4, -0.2) is 28.3 Å². The third-order valence-corrected chi connectivity index (χ3v) is 5.03. The lowest BCUT2D eigenvalue weighted by Crippen LogP contribution is -2.46. The Hall–Kier alpha value is 0.650. The number of ether oxygens (including phenoxy) is 2. The fourth-order valence-electron chi connectivity index (χ4n) is 3.26. The SMILES string of the molecule is ICC1CCC2(CCC3CCC2O3)O1. The number of alkyl halides is 1. The van der Waals surface area contributed by atoms with E-state index >= 15 is 0 Å². The highest BCUT2D eigenvalue weighted by molar-refractivity contribution is 14.1. The maximum atomic E-state index is 6.24. The third kappa shape index (κ3) is 1.43. The molecule has 3 fully saturated rings. The van der Waals surface area contributed by atoms with Crippen LogP contribution in [-0.2, 0) is 9.47 Å². The molecule has 4 unspecified atom stereocenters. The molecule has 0 amide bonds. The molecular weight excluding hydrogens is 291 g/mol. The standard InChI is InChI=1S/C11H17IO2/c12-7-9-4-6-11(14-9)5-3-8-1-2-10(11)13-8/h8-10H,1-7H2. The van der Waals surface area contributed by atoms with Crippen LogP contribution in [0.4, 0.5) is 0 Å².